The van der Waals surface area contributed by atoms with Crippen molar-refractivity contribution in [1.29, 1.82) is 0 Å². The highest BCUT2D eigenvalue weighted by Crippen LogP contribution is 2.34. The van der Waals surface area contributed by atoms with Crippen LogP contribution in [0.1, 0.15) is 5.56 Å². The Balaban J connectivity index is 0.00000240. The predicted octanol–water partition coefficient (Wildman–Crippen LogP) is 2.42. The molecular weight excluding hydrogens is 434 g/mol. The molecule has 1 fully saturated rings. The molecular formula is C19H22ClN3O4S2. The van der Waals surface area contributed by atoms with E-state index >= 15 is 0 Å². The van der Waals surface area contributed by atoms with Crippen molar-refractivity contribution in [3.63, 3.8) is 0 Å². The Bertz CT molecular complexity index is 1230. The number of hydrogen-bond acceptors (Lipinski definition) is 6. The quantitative estimate of drug-likeness (QED) is 0.595. The Morgan fingerprint density at radius 3 is 2.79 bits per heavy atom. The van der Waals surface area contributed by atoms with E-state index in [0.29, 0.717) is 24.3 Å². The minimum Gasteiger partial charge on any atom is -0.496 e. The molecule has 1 aliphatic rings. The molecule has 10 heteroatoms. The van der Waals surface area contributed by atoms with Crippen LogP contribution in [-0.2, 0) is 10.0 Å². The van der Waals surface area contributed by atoms with Crippen LogP contribution in [0.15, 0.2) is 34.4 Å². The molecule has 7 nitrogen and oxygen atoms in total. The number of benzene rings is 1. The Morgan fingerprint density at radius 1 is 1.34 bits per heavy atom. The number of nitrogens with one attached hydrogen (secondary N) is 2. The fourth-order valence-corrected chi connectivity index (χ4v) is 5.17. The molecule has 3 aromatic rings. The maximum absolute atomic E-state index is 12.2. The van der Waals surface area contributed by atoms with Crippen LogP contribution >= 0.6 is 23.7 Å². The van der Waals surface area contributed by atoms with Crippen LogP contribution in [-0.4, -0.2) is 57.3 Å². The minimum atomic E-state index is -3.16. The summed E-state index contributed by atoms with van der Waals surface area (Å²) in [5.41, 5.74) is 1.62. The van der Waals surface area contributed by atoms with Gasteiger partial charge in [0.1, 0.15) is 10.4 Å². The molecule has 2 N–H and O–H groups in total. The first kappa shape index (κ1) is 21.8. The molecule has 1 aromatic carbocycles. The number of fused-ring (bicyclic) bond motifs is 3. The Kier molecular flexibility index (Phi) is 6.35. The summed E-state index contributed by atoms with van der Waals surface area (Å²) in [6, 6.07) is 5.66. The van der Waals surface area contributed by atoms with E-state index in [1.165, 1.54) is 17.6 Å². The molecule has 0 spiro atoms. The molecule has 3 heterocycles. The van der Waals surface area contributed by atoms with Crippen LogP contribution < -0.4 is 15.0 Å². The summed E-state index contributed by atoms with van der Waals surface area (Å²) in [7, 11) is -1.53. The summed E-state index contributed by atoms with van der Waals surface area (Å²) < 4.78 is 31.4. The van der Waals surface area contributed by atoms with Crippen LogP contribution in [0.4, 0.5) is 0 Å². The van der Waals surface area contributed by atoms with E-state index in [4.69, 9.17) is 4.74 Å². The van der Waals surface area contributed by atoms with Gasteiger partial charge in [-0.3, -0.25) is 9.69 Å². The first-order valence-electron chi connectivity index (χ1n) is 8.82. The van der Waals surface area contributed by atoms with Crippen LogP contribution in [0.5, 0.6) is 5.75 Å². The number of likely N-dealkylation sites (tertiary alicyclic amines) is 1. The van der Waals surface area contributed by atoms with E-state index in [9.17, 15) is 13.2 Å². The van der Waals surface area contributed by atoms with Gasteiger partial charge in [-0.1, -0.05) is 12.2 Å². The molecule has 0 radical (unpaired) electrons. The molecule has 0 aliphatic carbocycles. The number of aromatic nitrogens is 1. The van der Waals surface area contributed by atoms with Gasteiger partial charge >= 0.3 is 0 Å². The minimum absolute atomic E-state index is 0. The molecule has 0 amide bonds. The van der Waals surface area contributed by atoms with Crippen molar-refractivity contribution in [2.75, 3.05) is 33.0 Å². The highest BCUT2D eigenvalue weighted by Gasteiger charge is 2.27. The third-order valence-corrected chi connectivity index (χ3v) is 6.48. The molecule has 2 aromatic heterocycles. The zero-order chi connectivity index (χ0) is 19.9. The summed E-state index contributed by atoms with van der Waals surface area (Å²) in [6.07, 6.45) is 5.23. The van der Waals surface area contributed by atoms with Crippen LogP contribution in [0.3, 0.4) is 0 Å². The summed E-state index contributed by atoms with van der Waals surface area (Å²) in [6.45, 7) is 2.08. The van der Waals surface area contributed by atoms with Gasteiger partial charge in [0.05, 0.1) is 13.4 Å². The number of pyridine rings is 1. The molecule has 0 unspecified atom stereocenters. The molecule has 0 saturated carbocycles. The molecule has 4 rings (SSSR count). The monoisotopic (exact) mass is 455 g/mol. The van der Waals surface area contributed by atoms with Crippen molar-refractivity contribution in [3.8, 4) is 5.75 Å². The second-order valence-corrected chi connectivity index (χ2v) is 9.63. The molecule has 0 atom stereocenters. The number of sulfonamides is 1. The average molecular weight is 456 g/mol. The first-order chi connectivity index (χ1) is 13.4. The van der Waals surface area contributed by atoms with Crippen molar-refractivity contribution < 1.29 is 13.2 Å². The van der Waals surface area contributed by atoms with E-state index in [0.717, 1.165) is 27.6 Å². The lowest BCUT2D eigenvalue weighted by molar-refractivity contribution is 0.159. The van der Waals surface area contributed by atoms with Crippen LogP contribution in [0.25, 0.3) is 27.1 Å². The number of aromatic amines is 1. The number of hydrogen-bond donors (Lipinski definition) is 2. The number of halogens is 1. The zero-order valence-corrected chi connectivity index (χ0v) is 18.4. The molecule has 0 bridgehead atoms. The highest BCUT2D eigenvalue weighted by molar-refractivity contribution is 7.88. The van der Waals surface area contributed by atoms with Crippen LogP contribution in [0.2, 0.25) is 0 Å². The fraction of sp³-hybridized carbons (Fsp3) is 0.316. The lowest BCUT2D eigenvalue weighted by Gasteiger charge is -2.38. The topological polar surface area (TPSA) is 91.5 Å². The van der Waals surface area contributed by atoms with E-state index in [2.05, 4.69) is 14.6 Å². The van der Waals surface area contributed by atoms with Gasteiger partial charge in [-0.05, 0) is 23.6 Å². The Labute approximate surface area is 178 Å². The van der Waals surface area contributed by atoms with Crippen molar-refractivity contribution in [3.05, 3.63) is 45.6 Å². The fourth-order valence-electron chi connectivity index (χ4n) is 3.62. The highest BCUT2D eigenvalue weighted by atomic mass is 35.5. The zero-order valence-electron chi connectivity index (χ0n) is 16.0. The van der Waals surface area contributed by atoms with Crippen LogP contribution in [0, 0.1) is 0 Å². The third kappa shape index (κ3) is 4.49. The van der Waals surface area contributed by atoms with Crippen molar-refractivity contribution in [2.45, 2.75) is 6.04 Å². The number of ether oxygens (including phenoxy) is 1. The first-order valence-corrected chi connectivity index (χ1v) is 11.6. The van der Waals surface area contributed by atoms with Gasteiger partial charge in [0, 0.05) is 47.5 Å². The number of H-pyrrole nitrogens is 1. The Morgan fingerprint density at radius 2 is 2.10 bits per heavy atom. The third-order valence-electron chi connectivity index (χ3n) is 4.80. The molecule has 156 valence electrons. The number of methoxy groups -OCH3 is 1. The smallest absolute Gasteiger partial charge is 0.266 e. The molecule has 1 saturated heterocycles. The molecule has 1 aliphatic heterocycles. The Hall–Kier alpha value is -1.91. The van der Waals surface area contributed by atoms with E-state index < -0.39 is 10.0 Å². The predicted molar refractivity (Wildman–Crippen MR) is 121 cm³/mol. The largest absolute Gasteiger partial charge is 0.496 e. The number of nitrogens with zero attached hydrogens (tertiary/aromatic N) is 1. The lowest BCUT2D eigenvalue weighted by atomic mass is 10.0. The second kappa shape index (κ2) is 8.45. The van der Waals surface area contributed by atoms with E-state index in [1.54, 1.807) is 7.11 Å². The van der Waals surface area contributed by atoms with Gasteiger partial charge in [0.25, 0.3) is 5.56 Å². The summed E-state index contributed by atoms with van der Waals surface area (Å²) in [5, 5.41) is 3.80. The van der Waals surface area contributed by atoms with Crippen molar-refractivity contribution in [1.82, 2.24) is 14.6 Å². The number of thiophene rings is 1. The van der Waals surface area contributed by atoms with Gasteiger partial charge < -0.3 is 9.72 Å². The maximum Gasteiger partial charge on any atom is 0.266 e. The van der Waals surface area contributed by atoms with E-state index in [-0.39, 0.29) is 24.0 Å². The standard InChI is InChI=1S/C19H21N3O4S2.ClH/c1-26-16-6-5-15-17(14-7-9-27-18(14)19(23)20-15)13(16)4-3-8-22-10-12(11-22)21-28(2,24)25;/h3-7,9,12,21H,8,10-11H2,1-2H3,(H,20,23);1H. The van der Waals surface area contributed by atoms with Crippen molar-refractivity contribution >= 4 is 60.8 Å². The van der Waals surface area contributed by atoms with Gasteiger partial charge in [0.15, 0.2) is 0 Å². The maximum atomic E-state index is 12.2. The summed E-state index contributed by atoms with van der Waals surface area (Å²) >= 11 is 1.42. The van der Waals surface area contributed by atoms with Gasteiger partial charge in [-0.15, -0.1) is 23.7 Å². The second-order valence-electron chi connectivity index (χ2n) is 6.93. The molecule has 29 heavy (non-hydrogen) atoms. The average Bonchev–Trinajstić information content (AvgIpc) is 3.08. The van der Waals surface area contributed by atoms with Gasteiger partial charge in [0.2, 0.25) is 10.0 Å². The SMILES string of the molecule is COc1ccc2[nH]c(=O)c3sccc3c2c1C=CCN1CC(NS(C)(=O)=O)C1.Cl. The number of rotatable bonds is 6. The normalized spacial score (nSPS) is 15.7. The van der Waals surface area contributed by atoms with Crippen molar-refractivity contribution in [2.24, 2.45) is 0 Å². The van der Waals surface area contributed by atoms with Gasteiger partial charge in [-0.25, -0.2) is 13.1 Å². The summed E-state index contributed by atoms with van der Waals surface area (Å²) in [4.78, 5) is 17.4. The van der Waals surface area contributed by atoms with E-state index in [1.807, 2.05) is 35.7 Å². The lowest BCUT2D eigenvalue weighted by Crippen LogP contribution is -2.58. The van der Waals surface area contributed by atoms with Gasteiger partial charge in [-0.2, -0.15) is 0 Å². The summed E-state index contributed by atoms with van der Waals surface area (Å²) in [5.74, 6) is 0.739.